The molecule has 3 N–H and O–H groups in total. The van der Waals surface area contributed by atoms with Crippen molar-refractivity contribution in [1.82, 2.24) is 0 Å². The number of amides is 1. The largest absolute Gasteiger partial charge is 0.326 e. The number of nitrogens with one attached hydrogen (secondary N) is 1. The lowest BCUT2D eigenvalue weighted by Crippen LogP contribution is -2.36. The van der Waals surface area contributed by atoms with Crippen molar-refractivity contribution in [2.24, 2.45) is 5.73 Å². The Bertz CT molecular complexity index is 542. The second kappa shape index (κ2) is 5.71. The molecule has 0 atom stereocenters. The highest BCUT2D eigenvalue weighted by molar-refractivity contribution is 7.91. The molecule has 0 spiro atoms. The van der Waals surface area contributed by atoms with Crippen molar-refractivity contribution in [2.75, 3.05) is 11.1 Å². The van der Waals surface area contributed by atoms with Crippen molar-refractivity contribution < 1.29 is 13.2 Å². The lowest BCUT2D eigenvalue weighted by atomic mass is 10.0. The maximum atomic E-state index is 11.7. The molecule has 0 heterocycles. The van der Waals surface area contributed by atoms with E-state index in [4.69, 9.17) is 5.73 Å². The maximum Gasteiger partial charge on any atom is 0.226 e. The van der Waals surface area contributed by atoms with E-state index in [0.717, 1.165) is 0 Å². The molecule has 0 aliphatic carbocycles. The molecule has 0 aliphatic heterocycles. The van der Waals surface area contributed by atoms with Crippen molar-refractivity contribution in [3.05, 3.63) is 24.3 Å². The van der Waals surface area contributed by atoms with E-state index < -0.39 is 15.4 Å². The summed E-state index contributed by atoms with van der Waals surface area (Å²) in [6.45, 7) is 5.13. The normalized spacial score (nSPS) is 12.2. The van der Waals surface area contributed by atoms with Gasteiger partial charge in [-0.3, -0.25) is 4.79 Å². The Morgan fingerprint density at radius 2 is 1.79 bits per heavy atom. The van der Waals surface area contributed by atoms with E-state index in [2.05, 4.69) is 5.32 Å². The Morgan fingerprint density at radius 1 is 1.26 bits per heavy atom. The van der Waals surface area contributed by atoms with Gasteiger partial charge in [-0.15, -0.1) is 0 Å². The van der Waals surface area contributed by atoms with Crippen LogP contribution in [0.5, 0.6) is 0 Å². The fraction of sp³-hybridized carbons (Fsp3) is 0.462. The first-order valence-electron chi connectivity index (χ1n) is 6.05. The summed E-state index contributed by atoms with van der Waals surface area (Å²) < 4.78 is 23.2. The Hall–Kier alpha value is -1.40. The molecule has 0 aromatic heterocycles. The number of hydrogen-bond acceptors (Lipinski definition) is 4. The molecule has 1 aromatic carbocycles. The zero-order chi connectivity index (χ0) is 14.7. The van der Waals surface area contributed by atoms with Gasteiger partial charge in [-0.25, -0.2) is 8.42 Å². The first kappa shape index (κ1) is 15.7. The highest BCUT2D eigenvalue weighted by Gasteiger charge is 2.16. The Balaban J connectivity index is 2.76. The summed E-state index contributed by atoms with van der Waals surface area (Å²) in [5.41, 5.74) is 5.73. The molecule has 0 unspecified atom stereocenters. The third-order valence-electron chi connectivity index (χ3n) is 2.49. The van der Waals surface area contributed by atoms with Crippen molar-refractivity contribution in [2.45, 2.75) is 37.6 Å². The van der Waals surface area contributed by atoms with E-state index in [9.17, 15) is 13.2 Å². The smallest absolute Gasteiger partial charge is 0.226 e. The van der Waals surface area contributed by atoms with Crippen LogP contribution in [-0.4, -0.2) is 25.6 Å². The predicted octanol–water partition coefficient (Wildman–Crippen LogP) is 1.55. The molecule has 0 bridgehead atoms. The SMILES string of the molecule is CCS(=O)(=O)c1ccc(NC(=O)CC(C)(C)N)cc1. The van der Waals surface area contributed by atoms with E-state index in [1.165, 1.54) is 12.1 Å². The number of carbonyl (C=O) groups is 1. The van der Waals surface area contributed by atoms with Crippen LogP contribution < -0.4 is 11.1 Å². The van der Waals surface area contributed by atoms with E-state index in [-0.39, 0.29) is 23.0 Å². The molecule has 6 heteroatoms. The molecule has 1 rings (SSSR count). The second-order valence-corrected chi connectivity index (χ2v) is 7.42. The van der Waals surface area contributed by atoms with Crippen molar-refractivity contribution in [1.29, 1.82) is 0 Å². The highest BCUT2D eigenvalue weighted by Crippen LogP contribution is 2.16. The van der Waals surface area contributed by atoms with Crippen molar-refractivity contribution in [3.63, 3.8) is 0 Å². The average Bonchev–Trinajstić information content (AvgIpc) is 2.27. The molecule has 19 heavy (non-hydrogen) atoms. The zero-order valence-electron chi connectivity index (χ0n) is 11.4. The summed E-state index contributed by atoms with van der Waals surface area (Å²) in [5, 5.41) is 2.68. The Morgan fingerprint density at radius 3 is 2.21 bits per heavy atom. The standard InChI is InChI=1S/C13H20N2O3S/c1-4-19(17,18)11-7-5-10(6-8-11)15-12(16)9-13(2,3)14/h5-8H,4,9,14H2,1-3H3,(H,15,16). The quantitative estimate of drug-likeness (QED) is 0.858. The summed E-state index contributed by atoms with van der Waals surface area (Å²) >= 11 is 0. The molecule has 5 nitrogen and oxygen atoms in total. The number of anilines is 1. The second-order valence-electron chi connectivity index (χ2n) is 5.14. The molecule has 106 valence electrons. The van der Waals surface area contributed by atoms with Gasteiger partial charge in [-0.05, 0) is 38.1 Å². The molecule has 0 saturated carbocycles. The zero-order valence-corrected chi connectivity index (χ0v) is 12.3. The van der Waals surface area contributed by atoms with Gasteiger partial charge in [0.2, 0.25) is 5.91 Å². The van der Waals surface area contributed by atoms with Crippen molar-refractivity contribution >= 4 is 21.4 Å². The molecule has 0 saturated heterocycles. The number of hydrogen-bond donors (Lipinski definition) is 2. The first-order valence-corrected chi connectivity index (χ1v) is 7.71. The van der Waals surface area contributed by atoms with E-state index in [1.807, 2.05) is 0 Å². The van der Waals surface area contributed by atoms with E-state index >= 15 is 0 Å². The van der Waals surface area contributed by atoms with E-state index in [1.54, 1.807) is 32.9 Å². The number of carbonyl (C=O) groups excluding carboxylic acids is 1. The minimum Gasteiger partial charge on any atom is -0.326 e. The summed E-state index contributed by atoms with van der Waals surface area (Å²) in [4.78, 5) is 11.9. The van der Waals surface area contributed by atoms with Gasteiger partial charge in [0.1, 0.15) is 0 Å². The maximum absolute atomic E-state index is 11.7. The lowest BCUT2D eigenvalue weighted by Gasteiger charge is -2.17. The minimum atomic E-state index is -3.20. The molecular weight excluding hydrogens is 264 g/mol. The minimum absolute atomic E-state index is 0.0556. The van der Waals surface area contributed by atoms with Crippen LogP contribution in [0.2, 0.25) is 0 Å². The predicted molar refractivity (Wildman–Crippen MR) is 75.7 cm³/mol. The molecule has 0 aliphatic rings. The summed E-state index contributed by atoms with van der Waals surface area (Å²) in [7, 11) is -3.20. The number of benzene rings is 1. The third kappa shape index (κ3) is 5.00. The van der Waals surface area contributed by atoms with Gasteiger partial charge in [-0.2, -0.15) is 0 Å². The van der Waals surface area contributed by atoms with Crippen molar-refractivity contribution in [3.8, 4) is 0 Å². The van der Waals surface area contributed by atoms with Gasteiger partial charge < -0.3 is 11.1 Å². The Kier molecular flexibility index (Phi) is 4.70. The van der Waals surface area contributed by atoms with Crippen LogP contribution in [0.1, 0.15) is 27.2 Å². The van der Waals surface area contributed by atoms with Crippen LogP contribution in [0.15, 0.2) is 29.2 Å². The highest BCUT2D eigenvalue weighted by atomic mass is 32.2. The Labute approximate surface area is 114 Å². The van der Waals surface area contributed by atoms with Crippen LogP contribution >= 0.6 is 0 Å². The van der Waals surface area contributed by atoms with Crippen LogP contribution in [0.25, 0.3) is 0 Å². The van der Waals surface area contributed by atoms with E-state index in [0.29, 0.717) is 5.69 Å². The molecular formula is C13H20N2O3S. The lowest BCUT2D eigenvalue weighted by molar-refractivity contribution is -0.117. The number of sulfone groups is 1. The fourth-order valence-corrected chi connectivity index (χ4v) is 2.42. The summed E-state index contributed by atoms with van der Waals surface area (Å²) in [6, 6.07) is 6.12. The van der Waals surface area contributed by atoms with Gasteiger partial charge in [0, 0.05) is 17.6 Å². The molecule has 0 fully saturated rings. The number of nitrogens with two attached hydrogens (primary N) is 1. The van der Waals surface area contributed by atoms with Crippen LogP contribution in [0, 0.1) is 0 Å². The summed E-state index contributed by atoms with van der Waals surface area (Å²) in [5.74, 6) is -0.140. The fourth-order valence-electron chi connectivity index (χ4n) is 1.53. The van der Waals surface area contributed by atoms with Gasteiger partial charge in [0.15, 0.2) is 9.84 Å². The van der Waals surface area contributed by atoms with Gasteiger partial charge in [0.25, 0.3) is 0 Å². The summed E-state index contributed by atoms with van der Waals surface area (Å²) in [6.07, 6.45) is 0.196. The number of rotatable bonds is 5. The monoisotopic (exact) mass is 284 g/mol. The van der Waals surface area contributed by atoms with Gasteiger partial charge in [0.05, 0.1) is 10.6 Å². The van der Waals surface area contributed by atoms with Gasteiger partial charge >= 0.3 is 0 Å². The van der Waals surface area contributed by atoms with Crippen LogP contribution in [0.4, 0.5) is 5.69 Å². The first-order chi connectivity index (χ1) is 8.64. The molecule has 1 amide bonds. The molecule has 1 aromatic rings. The van der Waals surface area contributed by atoms with Crippen LogP contribution in [-0.2, 0) is 14.6 Å². The molecule has 0 radical (unpaired) electrons. The topological polar surface area (TPSA) is 89.3 Å². The van der Waals surface area contributed by atoms with Gasteiger partial charge in [-0.1, -0.05) is 6.92 Å². The third-order valence-corrected chi connectivity index (χ3v) is 4.24. The average molecular weight is 284 g/mol. The van der Waals surface area contributed by atoms with Crippen LogP contribution in [0.3, 0.4) is 0 Å².